The molecule has 4 aliphatic rings. The van der Waals surface area contributed by atoms with Gasteiger partial charge in [0, 0.05) is 29.1 Å². The summed E-state index contributed by atoms with van der Waals surface area (Å²) in [6.45, 7) is 3.87. The molecule has 1 fully saturated rings. The molecule has 2 bridgehead atoms. The Balaban J connectivity index is 1.41. The Labute approximate surface area is 248 Å². The summed E-state index contributed by atoms with van der Waals surface area (Å²) in [6.07, 6.45) is 9.33. The molecule has 220 valence electrons. The van der Waals surface area contributed by atoms with E-state index in [1.165, 1.54) is 11.1 Å². The minimum atomic E-state index is -3.84. The average molecular weight is 599 g/mol. The molecule has 2 heterocycles. The molecule has 0 radical (unpaired) electrons. The molecule has 2 aromatic rings. The van der Waals surface area contributed by atoms with Crippen LogP contribution in [0.3, 0.4) is 0 Å². The molecule has 0 aromatic heterocycles. The largest absolute Gasteiger partial charge is 0.490 e. The number of carbonyl (C=O) groups excluding carboxylic acids is 1. The highest BCUT2D eigenvalue weighted by Crippen LogP contribution is 2.46. The predicted octanol–water partition coefficient (Wildman–Crippen LogP) is 5.25. The lowest BCUT2D eigenvalue weighted by Gasteiger charge is -2.45. The van der Waals surface area contributed by atoms with E-state index in [0.717, 1.165) is 49.4 Å². The Kier molecular flexibility index (Phi) is 7.85. The second-order valence-electron chi connectivity index (χ2n) is 12.4. The number of aliphatic hydroxyl groups is 1. The van der Waals surface area contributed by atoms with Crippen molar-refractivity contribution in [1.29, 1.82) is 0 Å². The zero-order valence-corrected chi connectivity index (χ0v) is 25.1. The van der Waals surface area contributed by atoms with E-state index in [1.807, 2.05) is 25.1 Å². The number of sulfonamides is 1. The Hall–Kier alpha value is -2.55. The molecule has 1 spiro atoms. The standard InChI is InChI=1S/C32H39ClN2O5S/c1-2-21-5-3-7-29(36)26-11-8-24(26)17-35-19-32(14-4-6-22-15-25(33)10-12-27(22)32)20-40-30-13-9-23(16-28(30)35)31(37)34-41(38,39)18-21/h3,7,9-10,12-13,15-16,21,24,26,29,36H,2,4-6,8,11,14,17-20H2,1H3,(H,34,37)/b7-3+/t21-,24-,26+,29+,32-/m0/s1. The van der Waals surface area contributed by atoms with Crippen molar-refractivity contribution in [3.8, 4) is 5.75 Å². The normalized spacial score (nSPS) is 32.0. The van der Waals surface area contributed by atoms with Gasteiger partial charge in [-0.1, -0.05) is 43.2 Å². The van der Waals surface area contributed by atoms with Crippen LogP contribution in [-0.4, -0.2) is 51.0 Å². The molecule has 2 aromatic carbocycles. The number of carbonyl (C=O) groups is 1. The van der Waals surface area contributed by atoms with Crippen molar-refractivity contribution >= 4 is 33.2 Å². The summed E-state index contributed by atoms with van der Waals surface area (Å²) in [5.74, 6) is 0.196. The molecule has 0 unspecified atom stereocenters. The van der Waals surface area contributed by atoms with Gasteiger partial charge in [-0.3, -0.25) is 4.79 Å². The fourth-order valence-electron chi connectivity index (χ4n) is 7.27. The van der Waals surface area contributed by atoms with Gasteiger partial charge in [-0.15, -0.1) is 0 Å². The first-order valence-corrected chi connectivity index (χ1v) is 16.9. The molecule has 1 saturated carbocycles. The lowest BCUT2D eigenvalue weighted by molar-refractivity contribution is 0.0456. The number of aliphatic hydroxyl groups excluding tert-OH is 1. The second kappa shape index (κ2) is 11.3. The Morgan fingerprint density at radius 3 is 2.83 bits per heavy atom. The number of nitrogens with zero attached hydrogens (tertiary/aromatic N) is 1. The topological polar surface area (TPSA) is 95.9 Å². The Morgan fingerprint density at radius 1 is 1.20 bits per heavy atom. The number of aryl methyl sites for hydroxylation is 1. The van der Waals surface area contributed by atoms with E-state index in [0.29, 0.717) is 37.7 Å². The van der Waals surface area contributed by atoms with Crippen LogP contribution in [-0.2, 0) is 21.9 Å². The molecule has 7 nitrogen and oxygen atoms in total. The van der Waals surface area contributed by atoms with Gasteiger partial charge >= 0.3 is 0 Å². The minimum Gasteiger partial charge on any atom is -0.490 e. The van der Waals surface area contributed by atoms with Gasteiger partial charge in [0.2, 0.25) is 10.0 Å². The van der Waals surface area contributed by atoms with Crippen LogP contribution in [0.2, 0.25) is 5.02 Å². The molecule has 41 heavy (non-hydrogen) atoms. The summed E-state index contributed by atoms with van der Waals surface area (Å²) in [6, 6.07) is 11.4. The van der Waals surface area contributed by atoms with Gasteiger partial charge < -0.3 is 14.7 Å². The lowest BCUT2D eigenvalue weighted by Crippen LogP contribution is -2.49. The smallest absolute Gasteiger partial charge is 0.264 e. The number of anilines is 1. The van der Waals surface area contributed by atoms with Gasteiger partial charge in [0.05, 0.1) is 24.2 Å². The number of halogens is 1. The van der Waals surface area contributed by atoms with Gasteiger partial charge in [0.25, 0.3) is 5.91 Å². The quantitative estimate of drug-likeness (QED) is 0.436. The van der Waals surface area contributed by atoms with Crippen molar-refractivity contribution < 1.29 is 23.1 Å². The predicted molar refractivity (Wildman–Crippen MR) is 161 cm³/mol. The van der Waals surface area contributed by atoms with E-state index in [4.69, 9.17) is 16.3 Å². The second-order valence-corrected chi connectivity index (χ2v) is 14.6. The van der Waals surface area contributed by atoms with Gasteiger partial charge in [-0.05, 0) is 97.7 Å². The zero-order chi connectivity index (χ0) is 28.8. The number of hydrogen-bond donors (Lipinski definition) is 2. The molecular formula is C32H39ClN2O5S. The highest BCUT2D eigenvalue weighted by Gasteiger charge is 2.44. The maximum atomic E-state index is 13.2. The summed E-state index contributed by atoms with van der Waals surface area (Å²) in [4.78, 5) is 15.6. The van der Waals surface area contributed by atoms with E-state index >= 15 is 0 Å². The van der Waals surface area contributed by atoms with Crippen molar-refractivity contribution in [1.82, 2.24) is 4.72 Å². The summed E-state index contributed by atoms with van der Waals surface area (Å²) >= 11 is 6.38. The van der Waals surface area contributed by atoms with Crippen molar-refractivity contribution in [2.24, 2.45) is 17.8 Å². The lowest BCUT2D eigenvalue weighted by atomic mass is 9.68. The third-order valence-corrected chi connectivity index (χ3v) is 11.4. The van der Waals surface area contributed by atoms with Gasteiger partial charge in [-0.25, -0.2) is 13.1 Å². The Bertz CT molecular complexity index is 1460. The number of ether oxygens (including phenoxy) is 1. The first kappa shape index (κ1) is 28.6. The van der Waals surface area contributed by atoms with Crippen LogP contribution in [0.5, 0.6) is 5.75 Å². The number of allylic oxidation sites excluding steroid dienone is 1. The molecule has 0 saturated heterocycles. The summed E-state index contributed by atoms with van der Waals surface area (Å²) in [5.41, 5.74) is 3.35. The number of amides is 1. The zero-order valence-electron chi connectivity index (χ0n) is 23.5. The van der Waals surface area contributed by atoms with E-state index in [2.05, 4.69) is 21.8 Å². The molecule has 2 N–H and O–H groups in total. The van der Waals surface area contributed by atoms with Crippen LogP contribution in [0.1, 0.15) is 66.9 Å². The highest BCUT2D eigenvalue weighted by atomic mass is 35.5. The number of nitrogens with one attached hydrogen (secondary N) is 1. The fourth-order valence-corrected chi connectivity index (χ4v) is 8.94. The SMILES string of the molecule is CC[C@H]1C/C=C/[C@@H](O)[C@@H]2CC[C@H]2CN2C[C@@]3(CCCc4cc(Cl)ccc43)COc3ccc(cc32)C(=O)NS(=O)(=O)C1. The van der Waals surface area contributed by atoms with Crippen LogP contribution in [0, 0.1) is 17.8 Å². The first-order chi connectivity index (χ1) is 19.7. The van der Waals surface area contributed by atoms with Crippen LogP contribution in [0.15, 0.2) is 48.6 Å². The first-order valence-electron chi connectivity index (χ1n) is 14.9. The van der Waals surface area contributed by atoms with Crippen molar-refractivity contribution in [3.63, 3.8) is 0 Å². The van der Waals surface area contributed by atoms with E-state index < -0.39 is 22.0 Å². The van der Waals surface area contributed by atoms with Gasteiger partial charge in [-0.2, -0.15) is 0 Å². The molecule has 9 heteroatoms. The molecule has 1 amide bonds. The van der Waals surface area contributed by atoms with E-state index in [-0.39, 0.29) is 28.6 Å². The summed E-state index contributed by atoms with van der Waals surface area (Å²) in [5, 5.41) is 11.8. The number of rotatable bonds is 1. The molecule has 2 aliphatic heterocycles. The minimum absolute atomic E-state index is 0.135. The van der Waals surface area contributed by atoms with Crippen LogP contribution < -0.4 is 14.4 Å². The maximum absolute atomic E-state index is 13.2. The third-order valence-electron chi connectivity index (χ3n) is 9.75. The van der Waals surface area contributed by atoms with Gasteiger partial charge in [0.1, 0.15) is 5.75 Å². The average Bonchev–Trinajstić information content (AvgIpc) is 3.06. The molecule has 5 atom stereocenters. The van der Waals surface area contributed by atoms with E-state index in [9.17, 15) is 18.3 Å². The monoisotopic (exact) mass is 598 g/mol. The number of fused-ring (bicyclic) bond motifs is 4. The maximum Gasteiger partial charge on any atom is 0.264 e. The highest BCUT2D eigenvalue weighted by molar-refractivity contribution is 7.90. The fraction of sp³-hybridized carbons (Fsp3) is 0.531. The van der Waals surface area contributed by atoms with Gasteiger partial charge in [0.15, 0.2) is 0 Å². The molecule has 6 rings (SSSR count). The van der Waals surface area contributed by atoms with Crippen molar-refractivity contribution in [2.45, 2.75) is 63.4 Å². The summed E-state index contributed by atoms with van der Waals surface area (Å²) in [7, 11) is -3.84. The van der Waals surface area contributed by atoms with Crippen molar-refractivity contribution in [2.75, 3.05) is 30.3 Å². The molecular weight excluding hydrogens is 560 g/mol. The molecule has 2 aliphatic carbocycles. The van der Waals surface area contributed by atoms with Crippen LogP contribution in [0.4, 0.5) is 5.69 Å². The van der Waals surface area contributed by atoms with Crippen LogP contribution >= 0.6 is 11.6 Å². The number of benzene rings is 2. The van der Waals surface area contributed by atoms with Crippen LogP contribution in [0.25, 0.3) is 0 Å². The summed E-state index contributed by atoms with van der Waals surface area (Å²) < 4.78 is 34.7. The number of hydrogen-bond acceptors (Lipinski definition) is 6. The van der Waals surface area contributed by atoms with E-state index in [1.54, 1.807) is 18.2 Å². The Morgan fingerprint density at radius 2 is 2.05 bits per heavy atom. The third kappa shape index (κ3) is 5.75. The van der Waals surface area contributed by atoms with Crippen molar-refractivity contribution in [3.05, 3.63) is 70.3 Å².